The standard InChI is InChI=1S/C17H18Cl2N2O2S/c1-17(2,3)23-16(22)14-6-10(4-5-20-14)15-12(18)7-11(21-9-24)8-13(15)19/h4,7-8,14,20H,5-6H2,1-3H3. The van der Waals surface area contributed by atoms with E-state index in [4.69, 9.17) is 27.9 Å². The minimum absolute atomic E-state index is 0.290. The highest BCUT2D eigenvalue weighted by atomic mass is 35.5. The Labute approximate surface area is 156 Å². The molecule has 1 aliphatic rings. The third kappa shape index (κ3) is 4.88. The van der Waals surface area contributed by atoms with Gasteiger partial charge in [0, 0.05) is 12.1 Å². The fraction of sp³-hybridized carbons (Fsp3) is 0.412. The Morgan fingerprint density at radius 3 is 2.54 bits per heavy atom. The van der Waals surface area contributed by atoms with Gasteiger partial charge in [-0.1, -0.05) is 29.3 Å². The number of rotatable bonds is 3. The summed E-state index contributed by atoms with van der Waals surface area (Å²) < 4.78 is 5.44. The lowest BCUT2D eigenvalue weighted by Crippen LogP contribution is -2.43. The minimum atomic E-state index is -0.532. The Morgan fingerprint density at radius 1 is 1.38 bits per heavy atom. The molecule has 1 N–H and O–H groups in total. The lowest BCUT2D eigenvalue weighted by atomic mass is 9.95. The van der Waals surface area contributed by atoms with Crippen molar-refractivity contribution in [2.24, 2.45) is 4.99 Å². The Bertz CT molecular complexity index is 712. The summed E-state index contributed by atoms with van der Waals surface area (Å²) in [6.07, 6.45) is 2.42. The maximum Gasteiger partial charge on any atom is 0.324 e. The van der Waals surface area contributed by atoms with Crippen molar-refractivity contribution in [2.75, 3.05) is 6.54 Å². The second-order valence-corrected chi connectivity index (χ2v) is 7.41. The highest BCUT2D eigenvalue weighted by Gasteiger charge is 2.29. The van der Waals surface area contributed by atoms with E-state index in [-0.39, 0.29) is 5.97 Å². The van der Waals surface area contributed by atoms with Gasteiger partial charge in [0.1, 0.15) is 11.6 Å². The zero-order chi connectivity index (χ0) is 17.9. The van der Waals surface area contributed by atoms with Gasteiger partial charge in [0.25, 0.3) is 0 Å². The molecule has 4 nitrogen and oxygen atoms in total. The Kier molecular flexibility index (Phi) is 6.18. The summed E-state index contributed by atoms with van der Waals surface area (Å²) in [6.45, 7) is 6.06. The van der Waals surface area contributed by atoms with E-state index in [1.54, 1.807) is 12.1 Å². The number of benzene rings is 1. The molecule has 1 heterocycles. The predicted octanol–water partition coefficient (Wildman–Crippen LogP) is 4.81. The van der Waals surface area contributed by atoms with Gasteiger partial charge in [0.05, 0.1) is 20.9 Å². The third-order valence-corrected chi connectivity index (χ3v) is 4.04. The van der Waals surface area contributed by atoms with Crippen molar-refractivity contribution >= 4 is 57.8 Å². The predicted molar refractivity (Wildman–Crippen MR) is 101 cm³/mol. The molecule has 0 amide bonds. The van der Waals surface area contributed by atoms with Crippen LogP contribution in [0.5, 0.6) is 0 Å². The van der Waals surface area contributed by atoms with Crippen molar-refractivity contribution in [3.8, 4) is 0 Å². The monoisotopic (exact) mass is 384 g/mol. The number of carbonyl (C=O) groups is 1. The first-order chi connectivity index (χ1) is 11.2. The Balaban J connectivity index is 2.26. The number of esters is 1. The van der Waals surface area contributed by atoms with Crippen LogP contribution in [0.3, 0.4) is 0 Å². The molecule has 0 fully saturated rings. The van der Waals surface area contributed by atoms with Gasteiger partial charge in [-0.2, -0.15) is 4.99 Å². The zero-order valence-electron chi connectivity index (χ0n) is 13.7. The van der Waals surface area contributed by atoms with Gasteiger partial charge in [-0.05, 0) is 57.1 Å². The number of hydrogen-bond acceptors (Lipinski definition) is 5. The first-order valence-electron chi connectivity index (χ1n) is 7.44. The van der Waals surface area contributed by atoms with Gasteiger partial charge in [0.15, 0.2) is 0 Å². The number of aliphatic imine (C=N–C) groups is 1. The maximum absolute atomic E-state index is 12.3. The van der Waals surface area contributed by atoms with E-state index in [1.165, 1.54) is 0 Å². The van der Waals surface area contributed by atoms with Crippen molar-refractivity contribution in [2.45, 2.75) is 38.8 Å². The van der Waals surface area contributed by atoms with Gasteiger partial charge in [-0.25, -0.2) is 0 Å². The fourth-order valence-corrected chi connectivity index (χ4v) is 3.25. The van der Waals surface area contributed by atoms with Crippen LogP contribution in [0.2, 0.25) is 10.0 Å². The number of thiocarbonyl (C=S) groups is 1. The van der Waals surface area contributed by atoms with E-state index >= 15 is 0 Å². The van der Waals surface area contributed by atoms with Gasteiger partial charge < -0.3 is 10.1 Å². The normalized spacial score (nSPS) is 17.7. The molecule has 1 aromatic carbocycles. The number of halogens is 2. The first-order valence-corrected chi connectivity index (χ1v) is 8.60. The number of isothiocyanates is 1. The molecule has 0 radical (unpaired) electrons. The van der Waals surface area contributed by atoms with E-state index in [2.05, 4.69) is 27.7 Å². The van der Waals surface area contributed by atoms with Crippen LogP contribution in [0.1, 0.15) is 32.8 Å². The molecule has 0 aliphatic carbocycles. The van der Waals surface area contributed by atoms with Crippen molar-refractivity contribution < 1.29 is 9.53 Å². The number of carbonyl (C=O) groups excluding carboxylic acids is 1. The Hall–Kier alpha value is -1.23. The van der Waals surface area contributed by atoms with E-state index < -0.39 is 11.6 Å². The molecule has 0 saturated carbocycles. The number of nitrogens with zero attached hydrogens (tertiary/aromatic N) is 1. The molecule has 1 atom stereocenters. The third-order valence-electron chi connectivity index (χ3n) is 3.35. The van der Waals surface area contributed by atoms with Crippen LogP contribution in [0, 0.1) is 0 Å². The molecule has 24 heavy (non-hydrogen) atoms. The average molecular weight is 385 g/mol. The second kappa shape index (κ2) is 7.77. The molecule has 7 heteroatoms. The van der Waals surface area contributed by atoms with Crippen LogP contribution >= 0.6 is 35.4 Å². The van der Waals surface area contributed by atoms with Gasteiger partial charge in [0.2, 0.25) is 0 Å². The molecule has 1 aliphatic heterocycles. The largest absolute Gasteiger partial charge is 0.459 e. The van der Waals surface area contributed by atoms with Crippen LogP contribution in [-0.2, 0) is 9.53 Å². The van der Waals surface area contributed by atoms with Crippen LogP contribution < -0.4 is 5.32 Å². The molecule has 0 spiro atoms. The second-order valence-electron chi connectivity index (χ2n) is 6.42. The van der Waals surface area contributed by atoms with Crippen molar-refractivity contribution in [1.82, 2.24) is 5.32 Å². The van der Waals surface area contributed by atoms with Gasteiger partial charge in [-0.3, -0.25) is 4.79 Å². The summed E-state index contributed by atoms with van der Waals surface area (Å²) in [4.78, 5) is 16.2. The van der Waals surface area contributed by atoms with Crippen molar-refractivity contribution in [3.63, 3.8) is 0 Å². The fourth-order valence-electron chi connectivity index (χ4n) is 2.43. The molecular formula is C17H18Cl2N2O2S. The smallest absolute Gasteiger partial charge is 0.324 e. The van der Waals surface area contributed by atoms with Crippen LogP contribution in [0.4, 0.5) is 5.69 Å². The quantitative estimate of drug-likeness (QED) is 0.461. The number of nitrogens with one attached hydrogen (secondary N) is 1. The molecule has 0 aromatic heterocycles. The summed E-state index contributed by atoms with van der Waals surface area (Å²) in [5.74, 6) is -0.290. The van der Waals surface area contributed by atoms with Crippen LogP contribution in [-0.4, -0.2) is 29.3 Å². The molecule has 0 saturated heterocycles. The summed E-state index contributed by atoms with van der Waals surface area (Å²) >= 11 is 17.3. The highest BCUT2D eigenvalue weighted by Crippen LogP contribution is 2.37. The average Bonchev–Trinajstić information content (AvgIpc) is 2.45. The summed E-state index contributed by atoms with van der Waals surface area (Å²) in [7, 11) is 0. The molecule has 0 bridgehead atoms. The summed E-state index contributed by atoms with van der Waals surface area (Å²) in [6, 6.07) is 2.91. The first kappa shape index (κ1) is 19.1. The molecule has 1 aromatic rings. The van der Waals surface area contributed by atoms with E-state index in [0.717, 1.165) is 5.57 Å². The maximum atomic E-state index is 12.3. The molecule has 2 rings (SSSR count). The van der Waals surface area contributed by atoms with E-state index in [0.29, 0.717) is 34.3 Å². The van der Waals surface area contributed by atoms with E-state index in [1.807, 2.05) is 26.8 Å². The minimum Gasteiger partial charge on any atom is -0.459 e. The molecule has 128 valence electrons. The molecule has 1 unspecified atom stereocenters. The van der Waals surface area contributed by atoms with Crippen molar-refractivity contribution in [1.29, 1.82) is 0 Å². The van der Waals surface area contributed by atoms with Crippen LogP contribution in [0.25, 0.3) is 5.57 Å². The van der Waals surface area contributed by atoms with Gasteiger partial charge in [-0.15, -0.1) is 0 Å². The zero-order valence-corrected chi connectivity index (χ0v) is 16.0. The Morgan fingerprint density at radius 2 is 2.00 bits per heavy atom. The number of hydrogen-bond donors (Lipinski definition) is 1. The van der Waals surface area contributed by atoms with Crippen LogP contribution in [0.15, 0.2) is 23.2 Å². The lowest BCUT2D eigenvalue weighted by Gasteiger charge is -2.28. The molecular weight excluding hydrogens is 367 g/mol. The van der Waals surface area contributed by atoms with Crippen molar-refractivity contribution in [3.05, 3.63) is 33.8 Å². The summed E-state index contributed by atoms with van der Waals surface area (Å²) in [5, 5.41) is 6.34. The lowest BCUT2D eigenvalue weighted by molar-refractivity contribution is -0.157. The topological polar surface area (TPSA) is 50.7 Å². The number of ether oxygens (including phenoxy) is 1. The SMILES string of the molecule is CC(C)(C)OC(=O)C1CC(c2c(Cl)cc(N=C=S)cc2Cl)=CCN1. The van der Waals surface area contributed by atoms with E-state index in [9.17, 15) is 4.79 Å². The van der Waals surface area contributed by atoms with Gasteiger partial charge >= 0.3 is 5.97 Å². The highest BCUT2D eigenvalue weighted by molar-refractivity contribution is 7.78. The summed E-state index contributed by atoms with van der Waals surface area (Å²) in [5.41, 5.74) is 1.62.